The van der Waals surface area contributed by atoms with E-state index < -0.39 is 53.3 Å². The maximum atomic E-state index is 12.3. The molecule has 1 aliphatic carbocycles. The fraction of sp³-hybridized carbons (Fsp3) is 0.773. The second kappa shape index (κ2) is 10.4. The summed E-state index contributed by atoms with van der Waals surface area (Å²) in [5, 5.41) is 23.0. The molecular formula is C22H33ClO9. The van der Waals surface area contributed by atoms with Gasteiger partial charge in [-0.1, -0.05) is 27.7 Å². The summed E-state index contributed by atoms with van der Waals surface area (Å²) in [7, 11) is 0. The van der Waals surface area contributed by atoms with E-state index in [0.717, 1.165) is 6.26 Å². The van der Waals surface area contributed by atoms with Gasteiger partial charge in [0.05, 0.1) is 18.1 Å². The number of fused-ring (bicyclic) bond motifs is 1. The van der Waals surface area contributed by atoms with Crippen molar-refractivity contribution in [3.8, 4) is 0 Å². The fourth-order valence-corrected chi connectivity index (χ4v) is 4.49. The average Bonchev–Trinajstić information content (AvgIpc) is 2.87. The van der Waals surface area contributed by atoms with Gasteiger partial charge in [-0.25, -0.2) is 0 Å². The monoisotopic (exact) mass is 476 g/mol. The van der Waals surface area contributed by atoms with Crippen LogP contribution in [-0.4, -0.2) is 64.2 Å². The lowest BCUT2D eigenvalue weighted by Gasteiger charge is -2.43. The Morgan fingerprint density at radius 3 is 2.25 bits per heavy atom. The Morgan fingerprint density at radius 1 is 1.12 bits per heavy atom. The molecular weight excluding hydrogens is 444 g/mol. The highest BCUT2D eigenvalue weighted by Crippen LogP contribution is 2.53. The standard InChI is InChI=1S/C22H33ClO9/c1-12(2)6-17(25)29-9-15-10-30-20(32-18(26)7-13(3)4)19-21(15,27)8-16(31-14(5)24)22(19,28)11-23/h10,12-13,16,19-20,27-28H,6-9,11H2,1-5H3/t16-,19-,20+,21-,22+/m0/s1. The molecule has 9 nitrogen and oxygen atoms in total. The van der Waals surface area contributed by atoms with Gasteiger partial charge in [-0.05, 0) is 11.8 Å². The molecule has 0 amide bonds. The van der Waals surface area contributed by atoms with Crippen molar-refractivity contribution in [1.82, 2.24) is 0 Å². The van der Waals surface area contributed by atoms with Crippen LogP contribution in [0.25, 0.3) is 0 Å². The van der Waals surface area contributed by atoms with Crippen LogP contribution in [0.2, 0.25) is 0 Å². The summed E-state index contributed by atoms with van der Waals surface area (Å²) in [4.78, 5) is 36.0. The minimum absolute atomic E-state index is 0.0146. The van der Waals surface area contributed by atoms with E-state index >= 15 is 0 Å². The number of hydrogen-bond acceptors (Lipinski definition) is 9. The van der Waals surface area contributed by atoms with Gasteiger partial charge in [0.25, 0.3) is 6.29 Å². The Kier molecular flexibility index (Phi) is 8.58. The first kappa shape index (κ1) is 26.4. The van der Waals surface area contributed by atoms with Gasteiger partial charge in [-0.3, -0.25) is 14.4 Å². The van der Waals surface area contributed by atoms with E-state index in [2.05, 4.69) is 0 Å². The highest BCUT2D eigenvalue weighted by atomic mass is 35.5. The topological polar surface area (TPSA) is 129 Å². The van der Waals surface area contributed by atoms with Crippen molar-refractivity contribution in [3.63, 3.8) is 0 Å². The molecule has 182 valence electrons. The molecule has 2 rings (SSSR count). The molecule has 32 heavy (non-hydrogen) atoms. The van der Waals surface area contributed by atoms with Crippen molar-refractivity contribution < 1.29 is 43.5 Å². The van der Waals surface area contributed by atoms with Crippen LogP contribution >= 0.6 is 11.6 Å². The van der Waals surface area contributed by atoms with Crippen molar-refractivity contribution in [2.75, 3.05) is 12.5 Å². The minimum Gasteiger partial charge on any atom is -0.462 e. The molecule has 2 aliphatic rings. The number of carbonyl (C=O) groups is 3. The molecule has 0 saturated heterocycles. The Morgan fingerprint density at radius 2 is 1.72 bits per heavy atom. The van der Waals surface area contributed by atoms with Crippen molar-refractivity contribution in [1.29, 1.82) is 0 Å². The maximum Gasteiger partial charge on any atom is 0.309 e. The smallest absolute Gasteiger partial charge is 0.309 e. The van der Waals surface area contributed by atoms with Gasteiger partial charge < -0.3 is 29.2 Å². The highest BCUT2D eigenvalue weighted by Gasteiger charge is 2.69. The number of carbonyl (C=O) groups excluding carboxylic acids is 3. The van der Waals surface area contributed by atoms with E-state index in [1.165, 1.54) is 6.92 Å². The number of ether oxygens (including phenoxy) is 4. The first-order valence-electron chi connectivity index (χ1n) is 10.7. The lowest BCUT2D eigenvalue weighted by Crippen LogP contribution is -2.58. The Labute approximate surface area is 193 Å². The molecule has 0 spiro atoms. The Hall–Kier alpha value is -1.84. The van der Waals surface area contributed by atoms with Crippen LogP contribution in [0.4, 0.5) is 0 Å². The van der Waals surface area contributed by atoms with Crippen LogP contribution < -0.4 is 0 Å². The van der Waals surface area contributed by atoms with Gasteiger partial charge in [0, 0.05) is 31.8 Å². The Bertz CT molecular complexity index is 750. The molecule has 1 saturated carbocycles. The van der Waals surface area contributed by atoms with Crippen molar-refractivity contribution >= 4 is 29.5 Å². The molecule has 1 heterocycles. The van der Waals surface area contributed by atoms with E-state index in [-0.39, 0.29) is 43.3 Å². The number of aliphatic hydroxyl groups is 2. The largest absolute Gasteiger partial charge is 0.462 e. The summed E-state index contributed by atoms with van der Waals surface area (Å²) < 4.78 is 21.5. The summed E-state index contributed by atoms with van der Waals surface area (Å²) >= 11 is 6.07. The zero-order chi connectivity index (χ0) is 24.3. The third-order valence-electron chi connectivity index (χ3n) is 5.59. The maximum absolute atomic E-state index is 12.3. The SMILES string of the molecule is CC(=O)O[C@H]1C[C@]2(O)C(COC(=O)CC(C)C)=CO[C@H](OC(=O)CC(C)C)[C@@H]2[C@@]1(O)CCl. The van der Waals surface area contributed by atoms with E-state index in [4.69, 9.17) is 30.5 Å². The van der Waals surface area contributed by atoms with Crippen molar-refractivity contribution in [2.24, 2.45) is 17.8 Å². The minimum atomic E-state index is -1.97. The molecule has 0 radical (unpaired) electrons. The predicted octanol–water partition coefficient (Wildman–Crippen LogP) is 2.06. The molecule has 0 unspecified atom stereocenters. The molecule has 0 aromatic heterocycles. The third-order valence-corrected chi connectivity index (χ3v) is 6.02. The summed E-state index contributed by atoms with van der Waals surface area (Å²) in [5.74, 6) is -3.34. The van der Waals surface area contributed by atoms with Crippen LogP contribution in [0, 0.1) is 17.8 Å². The molecule has 1 fully saturated rings. The quantitative estimate of drug-likeness (QED) is 0.292. The first-order valence-corrected chi connectivity index (χ1v) is 11.2. The zero-order valence-electron chi connectivity index (χ0n) is 19.1. The van der Waals surface area contributed by atoms with Gasteiger partial charge in [-0.15, -0.1) is 11.6 Å². The highest BCUT2D eigenvalue weighted by molar-refractivity contribution is 6.18. The van der Waals surface area contributed by atoms with E-state index in [9.17, 15) is 24.6 Å². The van der Waals surface area contributed by atoms with E-state index in [1.54, 1.807) is 0 Å². The Balaban J connectivity index is 2.37. The first-order chi connectivity index (χ1) is 14.8. The van der Waals surface area contributed by atoms with Gasteiger partial charge >= 0.3 is 17.9 Å². The second-order valence-corrected chi connectivity index (χ2v) is 9.59. The van der Waals surface area contributed by atoms with Crippen LogP contribution in [0.1, 0.15) is 53.9 Å². The zero-order valence-corrected chi connectivity index (χ0v) is 19.9. The summed E-state index contributed by atoms with van der Waals surface area (Å²) in [6.07, 6.45) is -1.37. The molecule has 2 N–H and O–H groups in total. The average molecular weight is 477 g/mol. The van der Waals surface area contributed by atoms with E-state index in [0.29, 0.717) is 0 Å². The van der Waals surface area contributed by atoms with Gasteiger partial charge in [0.15, 0.2) is 0 Å². The molecule has 1 aliphatic heterocycles. The number of rotatable bonds is 9. The van der Waals surface area contributed by atoms with E-state index in [1.807, 2.05) is 27.7 Å². The lowest BCUT2D eigenvalue weighted by atomic mass is 9.77. The fourth-order valence-electron chi connectivity index (χ4n) is 4.15. The summed E-state index contributed by atoms with van der Waals surface area (Å²) in [6, 6.07) is 0. The van der Waals surface area contributed by atoms with Gasteiger partial charge in [0.1, 0.15) is 23.9 Å². The van der Waals surface area contributed by atoms with Crippen LogP contribution in [0.15, 0.2) is 11.8 Å². The van der Waals surface area contributed by atoms with Crippen LogP contribution in [-0.2, 0) is 33.3 Å². The summed E-state index contributed by atoms with van der Waals surface area (Å²) in [6.45, 7) is 8.27. The molecule has 10 heteroatoms. The van der Waals surface area contributed by atoms with Crippen LogP contribution in [0.5, 0.6) is 0 Å². The number of alkyl halides is 1. The third kappa shape index (κ3) is 5.74. The summed E-state index contributed by atoms with van der Waals surface area (Å²) in [5.41, 5.74) is -3.68. The van der Waals surface area contributed by atoms with Crippen LogP contribution in [0.3, 0.4) is 0 Å². The molecule has 0 bridgehead atoms. The predicted molar refractivity (Wildman–Crippen MR) is 113 cm³/mol. The number of hydrogen-bond donors (Lipinski definition) is 2. The normalized spacial score (nSPS) is 31.6. The van der Waals surface area contributed by atoms with Gasteiger partial charge in [-0.2, -0.15) is 0 Å². The molecule has 0 aromatic rings. The van der Waals surface area contributed by atoms with Crippen molar-refractivity contribution in [2.45, 2.75) is 77.5 Å². The van der Waals surface area contributed by atoms with Gasteiger partial charge in [0.2, 0.25) is 0 Å². The van der Waals surface area contributed by atoms with Crippen molar-refractivity contribution in [3.05, 3.63) is 11.8 Å². The number of esters is 3. The second-order valence-electron chi connectivity index (χ2n) is 9.32. The number of halogens is 1. The molecule has 0 aromatic carbocycles. The lowest BCUT2D eigenvalue weighted by molar-refractivity contribution is -0.228. The molecule has 5 atom stereocenters.